The van der Waals surface area contributed by atoms with Crippen LogP contribution in [0.1, 0.15) is 37.7 Å². The molecular formula is C19H20N2O3. The quantitative estimate of drug-likeness (QED) is 0.924. The van der Waals surface area contributed by atoms with Crippen molar-refractivity contribution in [3.05, 3.63) is 46.3 Å². The highest BCUT2D eigenvalue weighted by Gasteiger charge is 2.37. The Morgan fingerprint density at radius 2 is 2.04 bits per heavy atom. The number of ketones is 1. The van der Waals surface area contributed by atoms with E-state index in [1.165, 1.54) is 0 Å². The predicted octanol–water partition coefficient (Wildman–Crippen LogP) is 3.20. The molecule has 0 unspecified atom stereocenters. The first-order chi connectivity index (χ1) is 11.6. The summed E-state index contributed by atoms with van der Waals surface area (Å²) < 4.78 is 10.8. The minimum atomic E-state index is -0.413. The van der Waals surface area contributed by atoms with Crippen molar-refractivity contribution in [2.24, 2.45) is 0 Å². The molecule has 1 aromatic carbocycles. The Kier molecular flexibility index (Phi) is 4.30. The lowest BCUT2D eigenvalue weighted by Crippen LogP contribution is -2.31. The molecule has 2 aliphatic rings. The topological polar surface area (TPSA) is 71.3 Å². The Morgan fingerprint density at radius 1 is 1.25 bits per heavy atom. The lowest BCUT2D eigenvalue weighted by Gasteiger charge is -2.33. The van der Waals surface area contributed by atoms with Crippen LogP contribution >= 0.6 is 0 Å². The first-order valence-corrected chi connectivity index (χ1v) is 7.96. The van der Waals surface area contributed by atoms with Crippen LogP contribution in [0.15, 0.2) is 40.7 Å². The monoisotopic (exact) mass is 324 g/mol. The van der Waals surface area contributed by atoms with E-state index in [4.69, 9.17) is 9.47 Å². The zero-order valence-corrected chi connectivity index (χ0v) is 14.1. The van der Waals surface area contributed by atoms with Gasteiger partial charge >= 0.3 is 0 Å². The van der Waals surface area contributed by atoms with Crippen molar-refractivity contribution >= 4 is 5.78 Å². The number of hydrogen-bond donors (Lipinski definition) is 1. The molecule has 5 heteroatoms. The molecule has 0 saturated carbocycles. The molecule has 0 amide bonds. The summed E-state index contributed by atoms with van der Waals surface area (Å²) in [5.74, 6) is 1.00. The molecule has 0 aromatic heterocycles. The third kappa shape index (κ3) is 2.54. The Balaban J connectivity index is 2.25. The highest BCUT2D eigenvalue weighted by atomic mass is 16.5. The van der Waals surface area contributed by atoms with Crippen LogP contribution in [0.4, 0.5) is 0 Å². The van der Waals surface area contributed by atoms with E-state index in [1.807, 2.05) is 25.1 Å². The van der Waals surface area contributed by atoms with Gasteiger partial charge in [-0.2, -0.15) is 5.26 Å². The van der Waals surface area contributed by atoms with Crippen LogP contribution in [0.2, 0.25) is 0 Å². The Labute approximate surface area is 141 Å². The van der Waals surface area contributed by atoms with E-state index in [9.17, 15) is 10.1 Å². The van der Waals surface area contributed by atoms with Crippen LogP contribution < -0.4 is 14.8 Å². The number of allylic oxidation sites excluding steroid dienone is 4. The van der Waals surface area contributed by atoms with Crippen molar-refractivity contribution in [2.75, 3.05) is 14.2 Å². The average molecular weight is 324 g/mol. The standard InChI is InChI=1S/C19H20N2O3/c1-11-14(10-20)18(19-15(21-11)5-4-6-16(19)22)13-9-12(23-2)7-8-17(13)24-3/h7-9,18,21H,4-6H2,1-3H3/t18-/m0/s1. The van der Waals surface area contributed by atoms with E-state index in [1.54, 1.807) is 14.2 Å². The first-order valence-electron chi connectivity index (χ1n) is 7.96. The molecule has 1 aliphatic carbocycles. The van der Waals surface area contributed by atoms with Crippen LogP contribution in [0.25, 0.3) is 0 Å². The maximum Gasteiger partial charge on any atom is 0.161 e. The van der Waals surface area contributed by atoms with Gasteiger partial charge in [-0.15, -0.1) is 0 Å². The van der Waals surface area contributed by atoms with Crippen molar-refractivity contribution in [3.8, 4) is 17.6 Å². The van der Waals surface area contributed by atoms with Crippen LogP contribution in [0, 0.1) is 11.3 Å². The fourth-order valence-electron chi connectivity index (χ4n) is 3.51. The van der Waals surface area contributed by atoms with Crippen LogP contribution in [0.5, 0.6) is 11.5 Å². The maximum atomic E-state index is 12.6. The van der Waals surface area contributed by atoms with E-state index in [-0.39, 0.29) is 5.78 Å². The zero-order chi connectivity index (χ0) is 17.3. The summed E-state index contributed by atoms with van der Waals surface area (Å²) >= 11 is 0. The fraction of sp³-hybridized carbons (Fsp3) is 0.368. The molecule has 3 rings (SSSR count). The number of dihydropyridines is 1. The number of carbonyl (C=O) groups is 1. The number of rotatable bonds is 3. The molecule has 0 fully saturated rings. The van der Waals surface area contributed by atoms with E-state index < -0.39 is 5.92 Å². The Hall–Kier alpha value is -2.74. The second-order valence-electron chi connectivity index (χ2n) is 5.99. The second-order valence-corrected chi connectivity index (χ2v) is 5.99. The number of Topliss-reactive ketones (excluding diaryl/α,β-unsaturated/α-hetero) is 1. The molecule has 1 aromatic rings. The van der Waals surface area contributed by atoms with Gasteiger partial charge in [0, 0.05) is 29.0 Å². The van der Waals surface area contributed by atoms with Crippen molar-refractivity contribution in [3.63, 3.8) is 0 Å². The lowest BCUT2D eigenvalue weighted by molar-refractivity contribution is -0.116. The van der Waals surface area contributed by atoms with Gasteiger partial charge in [0.2, 0.25) is 0 Å². The van der Waals surface area contributed by atoms with Crippen LogP contribution in [-0.4, -0.2) is 20.0 Å². The molecule has 5 nitrogen and oxygen atoms in total. The molecule has 0 spiro atoms. The maximum absolute atomic E-state index is 12.6. The van der Waals surface area contributed by atoms with E-state index in [2.05, 4.69) is 11.4 Å². The number of nitriles is 1. The summed E-state index contributed by atoms with van der Waals surface area (Å²) in [7, 11) is 3.18. The van der Waals surface area contributed by atoms with E-state index in [0.29, 0.717) is 29.1 Å². The number of nitrogens with one attached hydrogen (secondary N) is 1. The zero-order valence-electron chi connectivity index (χ0n) is 14.1. The summed E-state index contributed by atoms with van der Waals surface area (Å²) in [6.07, 6.45) is 2.17. The van der Waals surface area contributed by atoms with Gasteiger partial charge in [-0.05, 0) is 38.0 Å². The molecular weight excluding hydrogens is 304 g/mol. The lowest BCUT2D eigenvalue weighted by atomic mass is 9.75. The first kappa shape index (κ1) is 16.1. The van der Waals surface area contributed by atoms with E-state index >= 15 is 0 Å². The van der Waals surface area contributed by atoms with Gasteiger partial charge in [-0.3, -0.25) is 4.79 Å². The highest BCUT2D eigenvalue weighted by molar-refractivity contribution is 6.00. The molecule has 0 saturated heterocycles. The van der Waals surface area contributed by atoms with E-state index in [0.717, 1.165) is 29.8 Å². The molecule has 1 N–H and O–H groups in total. The number of carbonyl (C=O) groups excluding carboxylic acids is 1. The van der Waals surface area contributed by atoms with Crippen molar-refractivity contribution in [1.82, 2.24) is 5.32 Å². The summed E-state index contributed by atoms with van der Waals surface area (Å²) in [6, 6.07) is 7.76. The Morgan fingerprint density at radius 3 is 2.71 bits per heavy atom. The summed E-state index contributed by atoms with van der Waals surface area (Å²) in [4.78, 5) is 12.6. The van der Waals surface area contributed by atoms with Gasteiger partial charge in [0.15, 0.2) is 5.78 Å². The van der Waals surface area contributed by atoms with Gasteiger partial charge in [0.05, 0.1) is 31.8 Å². The molecule has 0 radical (unpaired) electrons. The number of ether oxygens (including phenoxy) is 2. The highest BCUT2D eigenvalue weighted by Crippen LogP contribution is 2.45. The van der Waals surface area contributed by atoms with Crippen LogP contribution in [-0.2, 0) is 4.79 Å². The fourth-order valence-corrected chi connectivity index (χ4v) is 3.51. The summed E-state index contributed by atoms with van der Waals surface area (Å²) in [5, 5.41) is 13.0. The number of hydrogen-bond acceptors (Lipinski definition) is 5. The van der Waals surface area contributed by atoms with Gasteiger partial charge < -0.3 is 14.8 Å². The molecule has 1 aliphatic heterocycles. The molecule has 124 valence electrons. The predicted molar refractivity (Wildman–Crippen MR) is 89.6 cm³/mol. The van der Waals surface area contributed by atoms with Crippen LogP contribution in [0.3, 0.4) is 0 Å². The van der Waals surface area contributed by atoms with Crippen molar-refractivity contribution in [1.29, 1.82) is 5.26 Å². The normalized spacial score (nSPS) is 20.2. The van der Waals surface area contributed by atoms with Gasteiger partial charge in [0.25, 0.3) is 0 Å². The smallest absolute Gasteiger partial charge is 0.161 e. The summed E-state index contributed by atoms with van der Waals surface area (Å²) in [6.45, 7) is 1.88. The molecule has 24 heavy (non-hydrogen) atoms. The third-order valence-corrected chi connectivity index (χ3v) is 4.64. The SMILES string of the molecule is COc1ccc(OC)c([C@H]2C(C#N)=C(C)NC3=C2C(=O)CCC3)c1. The minimum absolute atomic E-state index is 0.0962. The van der Waals surface area contributed by atoms with Gasteiger partial charge in [0.1, 0.15) is 11.5 Å². The number of nitrogens with zero attached hydrogens (tertiary/aromatic N) is 1. The van der Waals surface area contributed by atoms with Gasteiger partial charge in [-0.1, -0.05) is 0 Å². The minimum Gasteiger partial charge on any atom is -0.497 e. The number of methoxy groups -OCH3 is 2. The van der Waals surface area contributed by atoms with Crippen molar-refractivity contribution < 1.29 is 14.3 Å². The third-order valence-electron chi connectivity index (χ3n) is 4.64. The molecule has 1 heterocycles. The van der Waals surface area contributed by atoms with Crippen molar-refractivity contribution in [2.45, 2.75) is 32.1 Å². The Bertz CT molecular complexity index is 799. The molecule has 1 atom stereocenters. The molecule has 0 bridgehead atoms. The van der Waals surface area contributed by atoms with Gasteiger partial charge in [-0.25, -0.2) is 0 Å². The number of benzene rings is 1. The largest absolute Gasteiger partial charge is 0.497 e. The second kappa shape index (κ2) is 6.40. The summed E-state index contributed by atoms with van der Waals surface area (Å²) in [5.41, 5.74) is 3.75. The average Bonchev–Trinajstić information content (AvgIpc) is 2.60.